The lowest BCUT2D eigenvalue weighted by Gasteiger charge is -1.97. The average molecular weight is 243 g/mol. The molecule has 18 heavy (non-hydrogen) atoms. The minimum atomic E-state index is -0.0271. The van der Waals surface area contributed by atoms with Crippen molar-refractivity contribution in [3.05, 3.63) is 30.4 Å². The van der Waals surface area contributed by atoms with Crippen LogP contribution in [0.2, 0.25) is 0 Å². The fraction of sp³-hybridized carbons (Fsp3) is 0.333. The Labute approximate surface area is 104 Å². The predicted molar refractivity (Wildman–Crippen MR) is 66.1 cm³/mol. The van der Waals surface area contributed by atoms with Gasteiger partial charge >= 0.3 is 0 Å². The van der Waals surface area contributed by atoms with Crippen LogP contribution in [0.25, 0.3) is 5.78 Å². The summed E-state index contributed by atoms with van der Waals surface area (Å²) in [4.78, 5) is 19.6. The van der Waals surface area contributed by atoms with E-state index in [-0.39, 0.29) is 5.91 Å². The van der Waals surface area contributed by atoms with Gasteiger partial charge in [0.2, 0.25) is 11.7 Å². The second-order valence-corrected chi connectivity index (χ2v) is 4.41. The molecule has 1 saturated carbocycles. The van der Waals surface area contributed by atoms with Gasteiger partial charge in [-0.15, -0.1) is 0 Å². The highest BCUT2D eigenvalue weighted by Crippen LogP contribution is 2.31. The van der Waals surface area contributed by atoms with Gasteiger partial charge in [-0.3, -0.25) is 9.20 Å². The van der Waals surface area contributed by atoms with Crippen molar-refractivity contribution in [1.82, 2.24) is 19.8 Å². The van der Waals surface area contributed by atoms with Crippen molar-refractivity contribution in [1.29, 1.82) is 0 Å². The summed E-state index contributed by atoms with van der Waals surface area (Å²) in [5.74, 6) is 1.16. The predicted octanol–water partition coefficient (Wildman–Crippen LogP) is 0.980. The number of aromatic nitrogens is 3. The van der Waals surface area contributed by atoms with Gasteiger partial charge in [-0.1, -0.05) is 0 Å². The number of nitrogens with one attached hydrogen (secondary N) is 1. The molecular weight excluding hydrogens is 230 g/mol. The Morgan fingerprint density at radius 2 is 2.44 bits per heavy atom. The van der Waals surface area contributed by atoms with Crippen LogP contribution in [0.5, 0.6) is 0 Å². The third kappa shape index (κ3) is 2.37. The Morgan fingerprint density at radius 3 is 3.28 bits per heavy atom. The first-order valence-corrected chi connectivity index (χ1v) is 5.93. The molecule has 6 nitrogen and oxygen atoms in total. The molecular formula is C12H13N5O. The van der Waals surface area contributed by atoms with Crippen LogP contribution in [0.4, 0.5) is 0 Å². The minimum Gasteiger partial charge on any atom is -0.283 e. The molecule has 0 aliphatic heterocycles. The monoisotopic (exact) mass is 243 g/mol. The maximum atomic E-state index is 11.4. The normalized spacial score (nSPS) is 15.3. The number of carbonyl (C=O) groups is 1. The minimum absolute atomic E-state index is 0.0271. The SMILES string of the molecule is O=C(CC1CC1)N/N=C/c1cnc2ncccn12. The van der Waals surface area contributed by atoms with Crippen molar-refractivity contribution in [3.8, 4) is 0 Å². The maximum absolute atomic E-state index is 11.4. The summed E-state index contributed by atoms with van der Waals surface area (Å²) in [6, 6.07) is 1.82. The quantitative estimate of drug-likeness (QED) is 0.642. The van der Waals surface area contributed by atoms with Crippen molar-refractivity contribution in [2.75, 3.05) is 0 Å². The molecule has 0 unspecified atom stereocenters. The molecule has 1 N–H and O–H groups in total. The van der Waals surface area contributed by atoms with E-state index in [9.17, 15) is 4.79 Å². The van der Waals surface area contributed by atoms with Gasteiger partial charge < -0.3 is 0 Å². The first-order chi connectivity index (χ1) is 8.83. The highest BCUT2D eigenvalue weighted by Gasteiger charge is 2.23. The van der Waals surface area contributed by atoms with Crippen molar-refractivity contribution in [2.24, 2.45) is 11.0 Å². The zero-order valence-corrected chi connectivity index (χ0v) is 9.78. The van der Waals surface area contributed by atoms with Crippen LogP contribution in [0, 0.1) is 5.92 Å². The largest absolute Gasteiger partial charge is 0.283 e. The number of hydrazone groups is 1. The van der Waals surface area contributed by atoms with Crippen molar-refractivity contribution < 1.29 is 4.79 Å². The molecule has 0 bridgehead atoms. The highest BCUT2D eigenvalue weighted by molar-refractivity contribution is 5.81. The molecule has 6 heteroatoms. The number of fused-ring (bicyclic) bond motifs is 1. The summed E-state index contributed by atoms with van der Waals surface area (Å²) < 4.78 is 1.80. The van der Waals surface area contributed by atoms with E-state index in [2.05, 4.69) is 20.5 Å². The number of hydrogen-bond acceptors (Lipinski definition) is 4. The fourth-order valence-electron chi connectivity index (χ4n) is 1.74. The van der Waals surface area contributed by atoms with Gasteiger partial charge in [0.25, 0.3) is 0 Å². The van der Waals surface area contributed by atoms with Gasteiger partial charge in [-0.05, 0) is 24.8 Å². The first-order valence-electron chi connectivity index (χ1n) is 5.93. The summed E-state index contributed by atoms with van der Waals surface area (Å²) in [5.41, 5.74) is 3.31. The second-order valence-electron chi connectivity index (χ2n) is 4.41. The summed E-state index contributed by atoms with van der Waals surface area (Å²) in [7, 11) is 0. The lowest BCUT2D eigenvalue weighted by molar-refractivity contribution is -0.121. The Balaban J connectivity index is 1.66. The van der Waals surface area contributed by atoms with Gasteiger partial charge in [0.05, 0.1) is 18.1 Å². The molecule has 2 aromatic heterocycles. The summed E-state index contributed by atoms with van der Waals surface area (Å²) in [6.07, 6.45) is 9.67. The molecule has 92 valence electrons. The van der Waals surface area contributed by atoms with Crippen molar-refractivity contribution >= 4 is 17.9 Å². The van der Waals surface area contributed by atoms with Gasteiger partial charge in [-0.25, -0.2) is 15.4 Å². The van der Waals surface area contributed by atoms with Crippen LogP contribution >= 0.6 is 0 Å². The van der Waals surface area contributed by atoms with Crippen LogP contribution < -0.4 is 5.43 Å². The van der Waals surface area contributed by atoms with Crippen LogP contribution in [-0.4, -0.2) is 26.5 Å². The maximum Gasteiger partial charge on any atom is 0.240 e. The number of imidazole rings is 1. The van der Waals surface area contributed by atoms with Gasteiger partial charge in [0.1, 0.15) is 0 Å². The third-order valence-electron chi connectivity index (χ3n) is 2.87. The Hall–Kier alpha value is -2.24. The Bertz CT molecular complexity index is 599. The highest BCUT2D eigenvalue weighted by atomic mass is 16.2. The molecule has 2 heterocycles. The number of nitrogens with zero attached hydrogens (tertiary/aromatic N) is 4. The van der Waals surface area contributed by atoms with Crippen LogP contribution in [0.15, 0.2) is 29.8 Å². The summed E-state index contributed by atoms with van der Waals surface area (Å²) >= 11 is 0. The zero-order valence-electron chi connectivity index (χ0n) is 9.78. The van der Waals surface area contributed by atoms with E-state index >= 15 is 0 Å². The van der Waals surface area contributed by atoms with E-state index in [1.165, 1.54) is 0 Å². The first kappa shape index (κ1) is 10.9. The Morgan fingerprint density at radius 1 is 1.56 bits per heavy atom. The van der Waals surface area contributed by atoms with Crippen LogP contribution in [0.1, 0.15) is 25.0 Å². The molecule has 1 amide bonds. The second kappa shape index (κ2) is 4.56. The lowest BCUT2D eigenvalue weighted by atomic mass is 10.3. The zero-order chi connectivity index (χ0) is 12.4. The molecule has 0 aromatic carbocycles. The molecule has 1 aliphatic carbocycles. The lowest BCUT2D eigenvalue weighted by Crippen LogP contribution is -2.17. The van der Waals surface area contributed by atoms with E-state index in [1.54, 1.807) is 23.0 Å². The third-order valence-corrected chi connectivity index (χ3v) is 2.87. The topological polar surface area (TPSA) is 71.7 Å². The van der Waals surface area contributed by atoms with Crippen molar-refractivity contribution in [2.45, 2.75) is 19.3 Å². The molecule has 0 spiro atoms. The fourth-order valence-corrected chi connectivity index (χ4v) is 1.74. The molecule has 3 rings (SSSR count). The summed E-state index contributed by atoms with van der Waals surface area (Å²) in [6.45, 7) is 0. The standard InChI is InChI=1S/C12H13N5O/c18-11(6-9-2-3-9)16-15-8-10-7-14-12-13-4-1-5-17(10)12/h1,4-5,7-9H,2-3,6H2,(H,16,18)/b15-8+. The molecule has 1 fully saturated rings. The van der Waals surface area contributed by atoms with Gasteiger partial charge in [-0.2, -0.15) is 5.10 Å². The van der Waals surface area contributed by atoms with Crippen LogP contribution in [-0.2, 0) is 4.79 Å². The molecule has 0 saturated heterocycles. The van der Waals surface area contributed by atoms with Crippen LogP contribution in [0.3, 0.4) is 0 Å². The molecule has 1 aliphatic rings. The Kier molecular flexibility index (Phi) is 2.76. The molecule has 2 aromatic rings. The summed E-state index contributed by atoms with van der Waals surface area (Å²) in [5, 5.41) is 3.93. The number of amides is 1. The van der Waals surface area contributed by atoms with E-state index in [1.807, 2.05) is 12.3 Å². The molecule has 0 radical (unpaired) electrons. The van der Waals surface area contributed by atoms with E-state index in [4.69, 9.17) is 0 Å². The van der Waals surface area contributed by atoms with E-state index in [0.717, 1.165) is 18.5 Å². The van der Waals surface area contributed by atoms with Crippen molar-refractivity contribution in [3.63, 3.8) is 0 Å². The number of hydrogen-bond donors (Lipinski definition) is 1. The van der Waals surface area contributed by atoms with Gasteiger partial charge in [0.15, 0.2) is 0 Å². The number of carbonyl (C=O) groups excluding carboxylic acids is 1. The number of rotatable bonds is 4. The molecule has 0 atom stereocenters. The smallest absolute Gasteiger partial charge is 0.240 e. The average Bonchev–Trinajstić information content (AvgIpc) is 3.09. The van der Waals surface area contributed by atoms with E-state index in [0.29, 0.717) is 18.1 Å². The van der Waals surface area contributed by atoms with Gasteiger partial charge in [0, 0.05) is 18.8 Å². The van der Waals surface area contributed by atoms with E-state index < -0.39 is 0 Å².